The molecule has 128 valence electrons. The average molecular weight is 334 g/mol. The summed E-state index contributed by atoms with van der Waals surface area (Å²) in [7, 11) is 1.48. The van der Waals surface area contributed by atoms with Crippen LogP contribution in [0.5, 0.6) is 17.2 Å². The lowest BCUT2D eigenvalue weighted by atomic mass is 10.0. The molecule has 1 aliphatic heterocycles. The predicted molar refractivity (Wildman–Crippen MR) is 85.6 cm³/mol. The molecule has 3 rings (SSSR count). The summed E-state index contributed by atoms with van der Waals surface area (Å²) >= 11 is 0. The molecule has 7 heteroatoms. The summed E-state index contributed by atoms with van der Waals surface area (Å²) in [5, 5.41) is 19.8. The maximum Gasteiger partial charge on any atom is 0.328 e. The van der Waals surface area contributed by atoms with Crippen molar-refractivity contribution in [2.45, 2.75) is 25.6 Å². The lowest BCUT2D eigenvalue weighted by molar-refractivity contribution is -0.131. The van der Waals surface area contributed by atoms with Crippen molar-refractivity contribution < 1.29 is 33.6 Å². The Morgan fingerprint density at radius 2 is 2.17 bits per heavy atom. The second-order valence-electron chi connectivity index (χ2n) is 6.01. The van der Waals surface area contributed by atoms with Gasteiger partial charge in [0, 0.05) is 6.08 Å². The number of furan rings is 1. The Hall–Kier alpha value is -2.67. The van der Waals surface area contributed by atoms with Gasteiger partial charge in [0.25, 0.3) is 0 Å². The van der Waals surface area contributed by atoms with E-state index in [0.717, 1.165) is 6.08 Å². The topological polar surface area (TPSA) is 98.4 Å². The Bertz CT molecular complexity index is 810. The normalized spacial score (nSPS) is 17.4. The highest BCUT2D eigenvalue weighted by atomic mass is 16.6. The van der Waals surface area contributed by atoms with Gasteiger partial charge in [0.05, 0.1) is 29.9 Å². The van der Waals surface area contributed by atoms with E-state index in [9.17, 15) is 9.90 Å². The number of methoxy groups -OCH3 is 1. The molecule has 7 nitrogen and oxygen atoms in total. The number of hydrogen-bond donors (Lipinski definition) is 2. The molecule has 0 fully saturated rings. The summed E-state index contributed by atoms with van der Waals surface area (Å²) in [6.07, 6.45) is 3.23. The molecule has 2 N–H and O–H groups in total. The van der Waals surface area contributed by atoms with Crippen molar-refractivity contribution in [1.29, 1.82) is 0 Å². The molecule has 0 spiro atoms. The van der Waals surface area contributed by atoms with Crippen LogP contribution in [0.3, 0.4) is 0 Å². The fraction of sp³-hybridized carbons (Fsp3) is 0.353. The van der Waals surface area contributed by atoms with Crippen molar-refractivity contribution in [2.24, 2.45) is 0 Å². The fourth-order valence-electron chi connectivity index (χ4n) is 2.59. The molecule has 1 aliphatic rings. The average Bonchev–Trinajstić information content (AvgIpc) is 3.00. The highest BCUT2D eigenvalue weighted by Gasteiger charge is 2.37. The monoisotopic (exact) mass is 334 g/mol. The second-order valence-corrected chi connectivity index (χ2v) is 6.01. The Labute approximate surface area is 138 Å². The number of carboxylic acids is 1. The first-order valence-electron chi connectivity index (χ1n) is 7.37. The summed E-state index contributed by atoms with van der Waals surface area (Å²) in [5.74, 6) is -0.0460. The van der Waals surface area contributed by atoms with Gasteiger partial charge >= 0.3 is 5.97 Å². The minimum atomic E-state index is -1.14. The van der Waals surface area contributed by atoms with Crippen LogP contribution in [-0.4, -0.2) is 41.6 Å². The zero-order valence-corrected chi connectivity index (χ0v) is 13.5. The van der Waals surface area contributed by atoms with E-state index in [1.54, 1.807) is 19.9 Å². The van der Waals surface area contributed by atoms with Crippen molar-refractivity contribution >= 4 is 23.0 Å². The lowest BCUT2D eigenvalue weighted by Crippen LogP contribution is -2.46. The van der Waals surface area contributed by atoms with Crippen molar-refractivity contribution in [2.75, 3.05) is 13.7 Å². The van der Waals surface area contributed by atoms with Gasteiger partial charge in [-0.05, 0) is 26.0 Å². The van der Waals surface area contributed by atoms with Crippen molar-refractivity contribution in [3.05, 3.63) is 24.0 Å². The molecule has 0 saturated carbocycles. The molecular formula is C17H18O7. The van der Waals surface area contributed by atoms with Gasteiger partial charge in [-0.25, -0.2) is 4.79 Å². The number of ether oxygens (including phenoxy) is 3. The maximum atomic E-state index is 10.9. The molecule has 0 aliphatic carbocycles. The van der Waals surface area contributed by atoms with Crippen LogP contribution < -0.4 is 14.2 Å². The van der Waals surface area contributed by atoms with Crippen LogP contribution in [0.15, 0.2) is 22.8 Å². The lowest BCUT2D eigenvalue weighted by Gasteiger charge is -2.34. The minimum absolute atomic E-state index is 0.140. The fourth-order valence-corrected chi connectivity index (χ4v) is 2.59. The van der Waals surface area contributed by atoms with Crippen molar-refractivity contribution in [3.63, 3.8) is 0 Å². The van der Waals surface area contributed by atoms with Crippen LogP contribution in [0, 0.1) is 0 Å². The molecular weight excluding hydrogens is 316 g/mol. The number of benzene rings is 1. The quantitative estimate of drug-likeness (QED) is 0.829. The van der Waals surface area contributed by atoms with Gasteiger partial charge in [-0.2, -0.15) is 0 Å². The number of carboxylic acid groups (broad SMARTS) is 1. The van der Waals surface area contributed by atoms with E-state index in [2.05, 4.69) is 0 Å². The summed E-state index contributed by atoms with van der Waals surface area (Å²) in [4.78, 5) is 10.9. The van der Waals surface area contributed by atoms with Crippen molar-refractivity contribution in [3.8, 4) is 17.2 Å². The van der Waals surface area contributed by atoms with Gasteiger partial charge in [0.2, 0.25) is 5.75 Å². The molecule has 1 atom stereocenters. The maximum absolute atomic E-state index is 10.9. The van der Waals surface area contributed by atoms with E-state index in [1.165, 1.54) is 19.4 Å². The SMILES string of the molecule is COc1c(C=CC(=O)O)c2c(c3occc13)OC[C@@H](C(C)(C)O)O2. The smallest absolute Gasteiger partial charge is 0.328 e. The number of fused-ring (bicyclic) bond motifs is 3. The van der Waals surface area contributed by atoms with E-state index in [4.69, 9.17) is 23.7 Å². The number of rotatable bonds is 4. The molecule has 1 aromatic carbocycles. The molecule has 0 amide bonds. The number of aliphatic carboxylic acids is 1. The van der Waals surface area contributed by atoms with E-state index in [1.807, 2.05) is 0 Å². The Kier molecular flexibility index (Phi) is 3.88. The highest BCUT2D eigenvalue weighted by Crippen LogP contribution is 2.49. The molecule has 0 radical (unpaired) electrons. The molecule has 0 saturated heterocycles. The van der Waals surface area contributed by atoms with E-state index >= 15 is 0 Å². The summed E-state index contributed by atoms with van der Waals surface area (Å²) in [6, 6.07) is 1.71. The second kappa shape index (κ2) is 5.76. The zero-order chi connectivity index (χ0) is 17.5. The summed E-state index contributed by atoms with van der Waals surface area (Å²) in [6.45, 7) is 3.36. The van der Waals surface area contributed by atoms with Crippen LogP contribution in [-0.2, 0) is 4.79 Å². The standard InChI is InChI=1S/C17H18O7/c1-17(2,20)11-8-23-16-14-10(6-7-22-14)13(21-3)9(15(16)24-11)4-5-12(18)19/h4-7,11,20H,8H2,1-3H3,(H,18,19)/t11-/m0/s1. The highest BCUT2D eigenvalue weighted by molar-refractivity contribution is 5.98. The Balaban J connectivity index is 2.24. The first kappa shape index (κ1) is 16.2. The van der Waals surface area contributed by atoms with Crippen LogP contribution in [0.1, 0.15) is 19.4 Å². The number of aliphatic hydroxyl groups is 1. The van der Waals surface area contributed by atoms with Crippen LogP contribution >= 0.6 is 0 Å². The summed E-state index contributed by atoms with van der Waals surface area (Å²) in [5.41, 5.74) is -0.280. The zero-order valence-electron chi connectivity index (χ0n) is 13.5. The summed E-state index contributed by atoms with van der Waals surface area (Å²) < 4.78 is 22.6. The van der Waals surface area contributed by atoms with Gasteiger partial charge in [-0.15, -0.1) is 0 Å². The predicted octanol–water partition coefficient (Wildman–Crippen LogP) is 2.45. The third kappa shape index (κ3) is 2.67. The first-order chi connectivity index (χ1) is 11.3. The minimum Gasteiger partial charge on any atom is -0.495 e. The molecule has 1 aromatic heterocycles. The first-order valence-corrected chi connectivity index (χ1v) is 7.37. The van der Waals surface area contributed by atoms with Crippen LogP contribution in [0.4, 0.5) is 0 Å². The number of carbonyl (C=O) groups is 1. The molecule has 2 heterocycles. The van der Waals surface area contributed by atoms with Gasteiger partial charge < -0.3 is 28.8 Å². The third-order valence-electron chi connectivity index (χ3n) is 3.84. The van der Waals surface area contributed by atoms with Gasteiger partial charge in [0.15, 0.2) is 17.4 Å². The van der Waals surface area contributed by atoms with E-state index in [0.29, 0.717) is 28.0 Å². The van der Waals surface area contributed by atoms with Gasteiger partial charge in [0.1, 0.15) is 12.4 Å². The molecule has 0 bridgehead atoms. The van der Waals surface area contributed by atoms with Crippen LogP contribution in [0.2, 0.25) is 0 Å². The third-order valence-corrected chi connectivity index (χ3v) is 3.84. The van der Waals surface area contributed by atoms with Gasteiger partial charge in [-0.1, -0.05) is 0 Å². The van der Waals surface area contributed by atoms with Crippen LogP contribution in [0.25, 0.3) is 17.0 Å². The van der Waals surface area contributed by atoms with E-state index in [-0.39, 0.29) is 12.4 Å². The van der Waals surface area contributed by atoms with Gasteiger partial charge in [-0.3, -0.25) is 0 Å². The van der Waals surface area contributed by atoms with Crippen molar-refractivity contribution in [1.82, 2.24) is 0 Å². The Morgan fingerprint density at radius 1 is 1.42 bits per heavy atom. The Morgan fingerprint density at radius 3 is 2.79 bits per heavy atom. The molecule has 0 unspecified atom stereocenters. The molecule has 24 heavy (non-hydrogen) atoms. The largest absolute Gasteiger partial charge is 0.495 e. The molecule has 2 aromatic rings. The number of hydrogen-bond acceptors (Lipinski definition) is 6. The van der Waals surface area contributed by atoms with E-state index < -0.39 is 17.7 Å².